The number of rotatable bonds is 2. The first-order valence-corrected chi connectivity index (χ1v) is 6.48. The van der Waals surface area contributed by atoms with Gasteiger partial charge in [-0.05, 0) is 18.6 Å². The van der Waals surface area contributed by atoms with Crippen LogP contribution in [0.5, 0.6) is 0 Å². The minimum Gasteiger partial charge on any atom is -0.285 e. The Hall–Kier alpha value is -0.000000000000000132. The third-order valence-electron chi connectivity index (χ3n) is 1.95. The summed E-state index contributed by atoms with van der Waals surface area (Å²) in [6.45, 7) is 1.31. The highest BCUT2D eigenvalue weighted by molar-refractivity contribution is 7.86. The summed E-state index contributed by atoms with van der Waals surface area (Å²) < 4.78 is 30.7. The molecule has 0 aliphatic heterocycles. The molecule has 0 aliphatic carbocycles. The van der Waals surface area contributed by atoms with E-state index >= 15 is 0 Å². The van der Waals surface area contributed by atoms with E-state index < -0.39 is 15.4 Å². The monoisotopic (exact) mass is 288 g/mol. The zero-order chi connectivity index (χ0) is 11.8. The standard InChI is InChI=1S/C8H7Cl3O3S/c1-4(15(12,13)14)5-2-3-6(9)8(11)7(5)10/h2-4H,1H3,(H,12,13,14). The van der Waals surface area contributed by atoms with Crippen LogP contribution in [0.25, 0.3) is 0 Å². The molecule has 1 rings (SSSR count). The van der Waals surface area contributed by atoms with Gasteiger partial charge in [0.2, 0.25) is 0 Å². The van der Waals surface area contributed by atoms with E-state index in [-0.39, 0.29) is 20.6 Å². The molecule has 0 aliphatic rings. The topological polar surface area (TPSA) is 54.4 Å². The molecule has 0 radical (unpaired) electrons. The molecular weight excluding hydrogens is 283 g/mol. The van der Waals surface area contributed by atoms with Gasteiger partial charge in [-0.3, -0.25) is 4.55 Å². The Balaban J connectivity index is 3.35. The summed E-state index contributed by atoms with van der Waals surface area (Å²) >= 11 is 17.2. The molecule has 0 aromatic heterocycles. The van der Waals surface area contributed by atoms with Crippen molar-refractivity contribution in [2.45, 2.75) is 12.2 Å². The van der Waals surface area contributed by atoms with Crippen LogP contribution in [0.15, 0.2) is 12.1 Å². The minimum atomic E-state index is -4.19. The Bertz CT molecular complexity index is 484. The number of halogens is 3. The lowest BCUT2D eigenvalue weighted by Crippen LogP contribution is -2.09. The quantitative estimate of drug-likeness (QED) is 0.668. The van der Waals surface area contributed by atoms with Crippen LogP contribution in [-0.4, -0.2) is 13.0 Å². The predicted molar refractivity (Wildman–Crippen MR) is 61.4 cm³/mol. The Morgan fingerprint density at radius 3 is 2.20 bits per heavy atom. The zero-order valence-electron chi connectivity index (χ0n) is 7.54. The molecule has 0 fully saturated rings. The maximum atomic E-state index is 10.9. The summed E-state index contributed by atoms with van der Waals surface area (Å²) in [4.78, 5) is 0. The molecule has 1 unspecified atom stereocenters. The van der Waals surface area contributed by atoms with Crippen LogP contribution in [-0.2, 0) is 10.1 Å². The molecule has 3 nitrogen and oxygen atoms in total. The molecule has 0 spiro atoms. The van der Waals surface area contributed by atoms with E-state index in [0.29, 0.717) is 0 Å². The fourth-order valence-electron chi connectivity index (χ4n) is 1.02. The van der Waals surface area contributed by atoms with Crippen LogP contribution in [0.2, 0.25) is 15.1 Å². The third-order valence-corrected chi connectivity index (χ3v) is 4.41. The molecule has 7 heteroatoms. The van der Waals surface area contributed by atoms with Crippen molar-refractivity contribution in [1.82, 2.24) is 0 Å². The van der Waals surface area contributed by atoms with Crippen molar-refractivity contribution < 1.29 is 13.0 Å². The van der Waals surface area contributed by atoms with E-state index in [1.54, 1.807) is 0 Å². The molecule has 0 saturated heterocycles. The van der Waals surface area contributed by atoms with Gasteiger partial charge in [-0.2, -0.15) is 8.42 Å². The largest absolute Gasteiger partial charge is 0.285 e. The maximum Gasteiger partial charge on any atom is 0.271 e. The highest BCUT2D eigenvalue weighted by atomic mass is 35.5. The summed E-state index contributed by atoms with van der Waals surface area (Å²) in [6.07, 6.45) is 0. The third kappa shape index (κ3) is 2.77. The zero-order valence-corrected chi connectivity index (χ0v) is 10.6. The summed E-state index contributed by atoms with van der Waals surface area (Å²) in [5.41, 5.74) is 0.216. The van der Waals surface area contributed by atoms with Crippen molar-refractivity contribution >= 4 is 44.9 Å². The van der Waals surface area contributed by atoms with Crippen molar-refractivity contribution in [3.63, 3.8) is 0 Å². The summed E-state index contributed by atoms with van der Waals surface area (Å²) in [7, 11) is -4.19. The van der Waals surface area contributed by atoms with Gasteiger partial charge in [-0.15, -0.1) is 0 Å². The Morgan fingerprint density at radius 2 is 1.73 bits per heavy atom. The van der Waals surface area contributed by atoms with Gasteiger partial charge >= 0.3 is 0 Å². The van der Waals surface area contributed by atoms with Crippen molar-refractivity contribution in [1.29, 1.82) is 0 Å². The van der Waals surface area contributed by atoms with Crippen molar-refractivity contribution in [3.05, 3.63) is 32.8 Å². The summed E-state index contributed by atoms with van der Waals surface area (Å²) in [6, 6.07) is 2.84. The summed E-state index contributed by atoms with van der Waals surface area (Å²) in [5.74, 6) is 0. The first kappa shape index (κ1) is 13.1. The van der Waals surface area contributed by atoms with Gasteiger partial charge in [0, 0.05) is 0 Å². The Labute approximate surface area is 103 Å². The van der Waals surface area contributed by atoms with E-state index in [1.807, 2.05) is 0 Å². The molecule has 1 N–H and O–H groups in total. The first-order chi connectivity index (χ1) is 6.75. The fraction of sp³-hybridized carbons (Fsp3) is 0.250. The number of benzene rings is 1. The molecule has 84 valence electrons. The molecule has 0 saturated carbocycles. The van der Waals surface area contributed by atoms with Crippen LogP contribution in [0.3, 0.4) is 0 Å². The molecule has 1 atom stereocenters. The lowest BCUT2D eigenvalue weighted by Gasteiger charge is -2.11. The second-order valence-corrected chi connectivity index (χ2v) is 5.82. The van der Waals surface area contributed by atoms with E-state index in [2.05, 4.69) is 0 Å². The van der Waals surface area contributed by atoms with Crippen molar-refractivity contribution in [2.75, 3.05) is 0 Å². The molecule has 0 heterocycles. The first-order valence-electron chi connectivity index (χ1n) is 3.85. The van der Waals surface area contributed by atoms with Gasteiger partial charge < -0.3 is 0 Å². The van der Waals surface area contributed by atoms with Gasteiger partial charge in [-0.25, -0.2) is 0 Å². The second-order valence-electron chi connectivity index (χ2n) is 2.92. The summed E-state index contributed by atoms with van der Waals surface area (Å²) in [5, 5.41) is -0.798. The molecule has 1 aromatic rings. The molecule has 0 amide bonds. The lowest BCUT2D eigenvalue weighted by molar-refractivity contribution is 0.472. The van der Waals surface area contributed by atoms with Crippen molar-refractivity contribution in [2.24, 2.45) is 0 Å². The van der Waals surface area contributed by atoms with Gasteiger partial charge in [0.1, 0.15) is 5.25 Å². The predicted octanol–water partition coefficient (Wildman–Crippen LogP) is 3.60. The van der Waals surface area contributed by atoms with Gasteiger partial charge in [0.15, 0.2) is 0 Å². The molecule has 15 heavy (non-hydrogen) atoms. The maximum absolute atomic E-state index is 10.9. The number of hydrogen-bond donors (Lipinski definition) is 1. The Kier molecular flexibility index (Phi) is 3.90. The molecule has 0 bridgehead atoms. The Morgan fingerprint density at radius 1 is 1.20 bits per heavy atom. The van der Waals surface area contributed by atoms with Crippen LogP contribution < -0.4 is 0 Å². The van der Waals surface area contributed by atoms with Crippen molar-refractivity contribution in [3.8, 4) is 0 Å². The van der Waals surface area contributed by atoms with Crippen LogP contribution in [0.4, 0.5) is 0 Å². The van der Waals surface area contributed by atoms with E-state index in [1.165, 1.54) is 19.1 Å². The normalized spacial score (nSPS) is 13.9. The number of hydrogen-bond acceptors (Lipinski definition) is 2. The van der Waals surface area contributed by atoms with E-state index in [4.69, 9.17) is 39.4 Å². The van der Waals surface area contributed by atoms with Crippen LogP contribution in [0.1, 0.15) is 17.7 Å². The highest BCUT2D eigenvalue weighted by Gasteiger charge is 2.23. The van der Waals surface area contributed by atoms with Gasteiger partial charge in [0.05, 0.1) is 15.1 Å². The molecule has 1 aromatic carbocycles. The highest BCUT2D eigenvalue weighted by Crippen LogP contribution is 2.37. The average molecular weight is 290 g/mol. The van der Waals surface area contributed by atoms with Gasteiger partial charge in [-0.1, -0.05) is 40.9 Å². The second kappa shape index (κ2) is 4.47. The average Bonchev–Trinajstić information content (AvgIpc) is 2.12. The van der Waals surface area contributed by atoms with Crippen LogP contribution >= 0.6 is 34.8 Å². The van der Waals surface area contributed by atoms with Gasteiger partial charge in [0.25, 0.3) is 10.1 Å². The van der Waals surface area contributed by atoms with E-state index in [9.17, 15) is 8.42 Å². The lowest BCUT2D eigenvalue weighted by atomic mass is 10.2. The molecular formula is C8H7Cl3O3S. The fourth-order valence-corrected chi connectivity index (χ4v) is 2.30. The van der Waals surface area contributed by atoms with Crippen LogP contribution in [0, 0.1) is 0 Å². The smallest absolute Gasteiger partial charge is 0.271 e. The van der Waals surface area contributed by atoms with E-state index in [0.717, 1.165) is 0 Å². The minimum absolute atomic E-state index is 0.0364. The SMILES string of the molecule is CC(c1ccc(Cl)c(Cl)c1Cl)S(=O)(=O)O.